The van der Waals surface area contributed by atoms with Crippen molar-refractivity contribution >= 4 is 11.9 Å². The maximum absolute atomic E-state index is 12.7. The van der Waals surface area contributed by atoms with Crippen LogP contribution in [0.4, 0.5) is 0 Å². The van der Waals surface area contributed by atoms with E-state index in [-0.39, 0.29) is 11.5 Å². The summed E-state index contributed by atoms with van der Waals surface area (Å²) in [7, 11) is 1.59. The number of aromatic hydroxyl groups is 1. The molecule has 1 N–H and O–H groups in total. The highest BCUT2D eigenvalue weighted by Crippen LogP contribution is 2.32. The average molecular weight is 395 g/mol. The number of likely N-dealkylation sites (tertiary alicyclic amines) is 1. The molecule has 0 saturated carbocycles. The van der Waals surface area contributed by atoms with Crippen LogP contribution in [0.3, 0.4) is 0 Å². The van der Waals surface area contributed by atoms with Gasteiger partial charge < -0.3 is 14.6 Å². The van der Waals surface area contributed by atoms with E-state index in [1.165, 1.54) is 25.3 Å². The fraction of sp³-hybridized carbons (Fsp3) is 0.375. The van der Waals surface area contributed by atoms with Crippen LogP contribution in [0.15, 0.2) is 42.5 Å². The molecule has 0 aromatic heterocycles. The molecule has 0 bridgehead atoms. The number of allylic oxidation sites excluding steroid dienone is 1. The van der Waals surface area contributed by atoms with E-state index in [0.29, 0.717) is 30.2 Å². The number of nitrogens with zero attached hydrogens (tertiary/aromatic N) is 1. The van der Waals surface area contributed by atoms with Crippen LogP contribution in [0, 0.1) is 0 Å². The molecular formula is C24H29NO4. The second kappa shape index (κ2) is 10.1. The van der Waals surface area contributed by atoms with Gasteiger partial charge >= 0.3 is 0 Å². The highest BCUT2D eigenvalue weighted by molar-refractivity contribution is 6.07. The van der Waals surface area contributed by atoms with Crippen LogP contribution in [0.5, 0.6) is 17.2 Å². The zero-order valence-electron chi connectivity index (χ0n) is 17.2. The van der Waals surface area contributed by atoms with Crippen molar-refractivity contribution in [1.29, 1.82) is 0 Å². The van der Waals surface area contributed by atoms with Crippen molar-refractivity contribution in [2.45, 2.75) is 32.7 Å². The number of para-hydroxylation sites is 1. The summed E-state index contributed by atoms with van der Waals surface area (Å²) in [5, 5.41) is 10.2. The van der Waals surface area contributed by atoms with Crippen LogP contribution in [0.1, 0.15) is 47.7 Å². The molecule has 5 heteroatoms. The quantitative estimate of drug-likeness (QED) is 0.519. The first kappa shape index (κ1) is 20.9. The summed E-state index contributed by atoms with van der Waals surface area (Å²) >= 11 is 0. The zero-order chi connectivity index (χ0) is 20.6. The molecule has 154 valence electrons. The third-order valence-corrected chi connectivity index (χ3v) is 5.13. The van der Waals surface area contributed by atoms with Gasteiger partial charge in [-0.25, -0.2) is 0 Å². The van der Waals surface area contributed by atoms with Gasteiger partial charge in [0.15, 0.2) is 17.3 Å². The third-order valence-electron chi connectivity index (χ3n) is 5.13. The summed E-state index contributed by atoms with van der Waals surface area (Å²) < 4.78 is 11.0. The third kappa shape index (κ3) is 5.39. The van der Waals surface area contributed by atoms with E-state index in [1.54, 1.807) is 31.4 Å². The van der Waals surface area contributed by atoms with Crippen molar-refractivity contribution < 1.29 is 19.4 Å². The normalized spacial score (nSPS) is 14.8. The lowest BCUT2D eigenvalue weighted by Crippen LogP contribution is -2.29. The molecule has 2 aromatic rings. The first-order chi connectivity index (χ1) is 14.1. The Bertz CT molecular complexity index is 869. The maximum Gasteiger partial charge on any atom is 0.185 e. The van der Waals surface area contributed by atoms with Crippen molar-refractivity contribution in [2.75, 3.05) is 26.8 Å². The molecule has 1 fully saturated rings. The molecule has 0 radical (unpaired) electrons. The minimum absolute atomic E-state index is 0.117. The molecule has 0 aliphatic carbocycles. The number of carbonyl (C=O) groups is 1. The summed E-state index contributed by atoms with van der Waals surface area (Å²) in [6.07, 6.45) is 6.90. The predicted molar refractivity (Wildman–Crippen MR) is 115 cm³/mol. The predicted octanol–water partition coefficient (Wildman–Crippen LogP) is 4.68. The molecular weight excluding hydrogens is 366 g/mol. The van der Waals surface area contributed by atoms with E-state index >= 15 is 0 Å². The van der Waals surface area contributed by atoms with Crippen molar-refractivity contribution in [3.63, 3.8) is 0 Å². The van der Waals surface area contributed by atoms with E-state index in [9.17, 15) is 9.90 Å². The van der Waals surface area contributed by atoms with Gasteiger partial charge in [-0.05, 0) is 69.3 Å². The minimum Gasteiger partial charge on any atom is -0.508 e. The molecule has 0 atom stereocenters. The first-order valence-electron chi connectivity index (χ1n) is 10.2. The topological polar surface area (TPSA) is 59.0 Å². The van der Waals surface area contributed by atoms with Crippen LogP contribution in [0.25, 0.3) is 6.08 Å². The van der Waals surface area contributed by atoms with Gasteiger partial charge in [-0.1, -0.05) is 18.6 Å². The molecule has 5 nitrogen and oxygen atoms in total. The number of rotatable bonds is 8. The van der Waals surface area contributed by atoms with Gasteiger partial charge in [0.05, 0.1) is 13.7 Å². The smallest absolute Gasteiger partial charge is 0.185 e. The lowest BCUT2D eigenvalue weighted by atomic mass is 10.0. The fourth-order valence-corrected chi connectivity index (χ4v) is 3.64. The van der Waals surface area contributed by atoms with Crippen LogP contribution in [-0.2, 0) is 6.54 Å². The van der Waals surface area contributed by atoms with Crippen LogP contribution < -0.4 is 9.47 Å². The number of piperidine rings is 1. The van der Waals surface area contributed by atoms with E-state index in [0.717, 1.165) is 24.2 Å². The Kier molecular flexibility index (Phi) is 7.30. The summed E-state index contributed by atoms with van der Waals surface area (Å²) in [5.41, 5.74) is 2.13. The number of phenolic OH excluding ortho intramolecular Hbond substituents is 1. The Morgan fingerprint density at radius 3 is 2.69 bits per heavy atom. The fourth-order valence-electron chi connectivity index (χ4n) is 3.64. The highest BCUT2D eigenvalue weighted by Gasteiger charge is 2.14. The Hall–Kier alpha value is -2.79. The van der Waals surface area contributed by atoms with E-state index < -0.39 is 0 Å². The lowest BCUT2D eigenvalue weighted by Gasteiger charge is -2.26. The molecule has 0 unspecified atom stereocenters. The van der Waals surface area contributed by atoms with E-state index in [4.69, 9.17) is 9.47 Å². The number of phenols is 1. The van der Waals surface area contributed by atoms with Crippen molar-refractivity contribution in [1.82, 2.24) is 4.90 Å². The average Bonchev–Trinajstić information content (AvgIpc) is 2.74. The van der Waals surface area contributed by atoms with Gasteiger partial charge in [0.25, 0.3) is 0 Å². The van der Waals surface area contributed by atoms with Crippen molar-refractivity contribution in [3.05, 3.63) is 59.2 Å². The number of hydrogen-bond acceptors (Lipinski definition) is 5. The molecule has 2 aromatic carbocycles. The Morgan fingerprint density at radius 1 is 1.17 bits per heavy atom. The number of benzene rings is 2. The van der Waals surface area contributed by atoms with Gasteiger partial charge in [-0.15, -0.1) is 0 Å². The number of carbonyl (C=O) groups excluding carboxylic acids is 1. The number of hydrogen-bond donors (Lipinski definition) is 1. The second-order valence-corrected chi connectivity index (χ2v) is 7.19. The molecule has 0 spiro atoms. The molecule has 1 aliphatic heterocycles. The molecule has 1 aliphatic rings. The van der Waals surface area contributed by atoms with Gasteiger partial charge in [0.1, 0.15) is 5.75 Å². The zero-order valence-corrected chi connectivity index (χ0v) is 17.2. The molecule has 0 amide bonds. The standard InChI is InChI=1S/C24H29NO4/c1-3-29-23-9-7-8-18(24(23)28-2)10-12-21(26)19-11-13-22(27)20(16-19)17-25-14-5-4-6-15-25/h7-13,16,27H,3-6,14-15,17H2,1-2H3/b12-10+. The van der Waals surface area contributed by atoms with Gasteiger partial charge in [-0.2, -0.15) is 0 Å². The second-order valence-electron chi connectivity index (χ2n) is 7.19. The molecule has 1 saturated heterocycles. The number of methoxy groups -OCH3 is 1. The van der Waals surface area contributed by atoms with Crippen molar-refractivity contribution in [3.8, 4) is 17.2 Å². The highest BCUT2D eigenvalue weighted by atomic mass is 16.5. The van der Waals surface area contributed by atoms with Gasteiger partial charge in [0, 0.05) is 23.2 Å². The summed E-state index contributed by atoms with van der Waals surface area (Å²) in [6, 6.07) is 10.7. The SMILES string of the molecule is CCOc1cccc(/C=C/C(=O)c2ccc(O)c(CN3CCCCC3)c2)c1OC. The Labute approximate surface area is 172 Å². The molecule has 1 heterocycles. The summed E-state index contributed by atoms with van der Waals surface area (Å²) in [6.45, 7) is 5.19. The lowest BCUT2D eigenvalue weighted by molar-refractivity contribution is 0.104. The van der Waals surface area contributed by atoms with Gasteiger partial charge in [-0.3, -0.25) is 9.69 Å². The van der Waals surface area contributed by atoms with E-state index in [1.807, 2.05) is 25.1 Å². The summed E-state index contributed by atoms with van der Waals surface area (Å²) in [5.74, 6) is 1.38. The van der Waals surface area contributed by atoms with Crippen LogP contribution in [0.2, 0.25) is 0 Å². The van der Waals surface area contributed by atoms with Crippen LogP contribution in [-0.4, -0.2) is 42.6 Å². The molecule has 3 rings (SSSR count). The number of ether oxygens (including phenoxy) is 2. The van der Waals surface area contributed by atoms with E-state index in [2.05, 4.69) is 4.90 Å². The minimum atomic E-state index is -0.117. The Balaban J connectivity index is 1.77. The maximum atomic E-state index is 12.7. The largest absolute Gasteiger partial charge is 0.508 e. The van der Waals surface area contributed by atoms with Crippen molar-refractivity contribution in [2.24, 2.45) is 0 Å². The first-order valence-corrected chi connectivity index (χ1v) is 10.2. The monoisotopic (exact) mass is 395 g/mol. The Morgan fingerprint density at radius 2 is 1.97 bits per heavy atom. The summed E-state index contributed by atoms with van der Waals surface area (Å²) in [4.78, 5) is 15.1. The van der Waals surface area contributed by atoms with Crippen LogP contribution >= 0.6 is 0 Å². The number of ketones is 1. The molecule has 29 heavy (non-hydrogen) atoms. The van der Waals surface area contributed by atoms with Gasteiger partial charge in [0.2, 0.25) is 0 Å².